The molecule has 174 valence electrons. The molecule has 0 aromatic heterocycles. The van der Waals surface area contributed by atoms with Gasteiger partial charge in [-0.15, -0.1) is 0 Å². The molecule has 32 heavy (non-hydrogen) atoms. The van der Waals surface area contributed by atoms with Gasteiger partial charge >= 0.3 is 0 Å². The van der Waals surface area contributed by atoms with Crippen LogP contribution >= 0.6 is 0 Å². The van der Waals surface area contributed by atoms with Crippen LogP contribution in [-0.4, -0.2) is 6.61 Å². The summed E-state index contributed by atoms with van der Waals surface area (Å²) in [5.41, 5.74) is 2.71. The van der Waals surface area contributed by atoms with Crippen molar-refractivity contribution < 1.29 is 13.5 Å². The van der Waals surface area contributed by atoms with Gasteiger partial charge in [0.25, 0.3) is 0 Å². The maximum atomic E-state index is 14.6. The van der Waals surface area contributed by atoms with E-state index in [-0.39, 0.29) is 5.75 Å². The second-order valence-corrected chi connectivity index (χ2v) is 9.10. The van der Waals surface area contributed by atoms with Crippen LogP contribution in [0.4, 0.5) is 8.78 Å². The predicted molar refractivity (Wildman–Crippen MR) is 130 cm³/mol. The molecule has 3 rings (SSSR count). The van der Waals surface area contributed by atoms with Gasteiger partial charge in [0.05, 0.1) is 6.61 Å². The van der Waals surface area contributed by atoms with Gasteiger partial charge in [-0.05, 0) is 79.2 Å². The molecule has 1 aliphatic rings. The first kappa shape index (κ1) is 24.5. The second kappa shape index (κ2) is 12.8. The highest BCUT2D eigenvalue weighted by molar-refractivity contribution is 5.65. The van der Waals surface area contributed by atoms with Crippen LogP contribution in [0.1, 0.15) is 89.5 Å². The molecular formula is C29H38F2O. The van der Waals surface area contributed by atoms with Crippen LogP contribution in [0.3, 0.4) is 0 Å². The normalized spacial score (nSPS) is 18.9. The number of unbranched alkanes of at least 4 members (excludes halogenated alkanes) is 4. The van der Waals surface area contributed by atoms with Crippen molar-refractivity contribution in [2.75, 3.05) is 6.61 Å². The number of rotatable bonds is 11. The molecule has 2 aromatic rings. The Morgan fingerprint density at radius 3 is 2.12 bits per heavy atom. The van der Waals surface area contributed by atoms with E-state index >= 15 is 0 Å². The zero-order chi connectivity index (χ0) is 22.8. The number of ether oxygens (including phenoxy) is 1. The summed E-state index contributed by atoms with van der Waals surface area (Å²) in [6, 6.07) is 11.0. The van der Waals surface area contributed by atoms with E-state index in [9.17, 15) is 8.78 Å². The van der Waals surface area contributed by atoms with Crippen LogP contribution in [0.15, 0.2) is 48.6 Å². The summed E-state index contributed by atoms with van der Waals surface area (Å²) in [6.45, 7) is 4.69. The molecule has 0 unspecified atom stereocenters. The maximum absolute atomic E-state index is 14.6. The fourth-order valence-electron chi connectivity index (χ4n) is 4.67. The average Bonchev–Trinajstić information content (AvgIpc) is 2.81. The van der Waals surface area contributed by atoms with Crippen LogP contribution in [0.25, 0.3) is 11.1 Å². The SMILES string of the molecule is CC/C=C/C1CCC(c2ccc(-c3cc(F)c(OCCCCCCC)c(F)c3)cc2)CC1. The van der Waals surface area contributed by atoms with E-state index in [2.05, 4.69) is 38.1 Å². The van der Waals surface area contributed by atoms with Gasteiger partial charge in [0.2, 0.25) is 0 Å². The zero-order valence-corrected chi connectivity index (χ0v) is 19.7. The third-order valence-corrected chi connectivity index (χ3v) is 6.62. The molecule has 2 aromatic carbocycles. The Morgan fingerprint density at radius 2 is 1.50 bits per heavy atom. The molecule has 0 atom stereocenters. The fraction of sp³-hybridized carbons (Fsp3) is 0.517. The van der Waals surface area contributed by atoms with Crippen LogP contribution in [0, 0.1) is 17.6 Å². The summed E-state index contributed by atoms with van der Waals surface area (Å²) in [5, 5.41) is 0. The Labute approximate surface area is 192 Å². The highest BCUT2D eigenvalue weighted by Gasteiger charge is 2.21. The second-order valence-electron chi connectivity index (χ2n) is 9.10. The van der Waals surface area contributed by atoms with Crippen molar-refractivity contribution in [3.05, 3.63) is 65.7 Å². The van der Waals surface area contributed by atoms with E-state index in [1.54, 1.807) is 0 Å². The molecular weight excluding hydrogens is 402 g/mol. The van der Waals surface area contributed by atoms with Crippen molar-refractivity contribution in [2.24, 2.45) is 5.92 Å². The van der Waals surface area contributed by atoms with Crippen LogP contribution in [0.2, 0.25) is 0 Å². The van der Waals surface area contributed by atoms with Gasteiger partial charge in [-0.3, -0.25) is 0 Å². The Bertz CT molecular complexity index is 825. The summed E-state index contributed by atoms with van der Waals surface area (Å²) in [4.78, 5) is 0. The van der Waals surface area contributed by atoms with Gasteiger partial charge in [-0.1, -0.05) is 75.9 Å². The number of allylic oxidation sites excluding steroid dienone is 2. The van der Waals surface area contributed by atoms with Crippen molar-refractivity contribution >= 4 is 0 Å². The van der Waals surface area contributed by atoms with Crippen molar-refractivity contribution in [2.45, 2.75) is 84.0 Å². The lowest BCUT2D eigenvalue weighted by atomic mass is 9.78. The molecule has 0 spiro atoms. The number of hydrogen-bond acceptors (Lipinski definition) is 1. The number of hydrogen-bond donors (Lipinski definition) is 0. The van der Waals surface area contributed by atoms with Crippen molar-refractivity contribution in [3.8, 4) is 16.9 Å². The molecule has 0 amide bonds. The Balaban J connectivity index is 1.58. The summed E-state index contributed by atoms with van der Waals surface area (Å²) >= 11 is 0. The Kier molecular flexibility index (Phi) is 9.77. The monoisotopic (exact) mass is 440 g/mol. The Morgan fingerprint density at radius 1 is 0.844 bits per heavy atom. The minimum absolute atomic E-state index is 0.255. The standard InChI is InChI=1S/C29H38F2O/c1-3-5-7-8-9-19-32-29-27(30)20-26(21-28(29)31)25-17-15-24(16-18-25)23-13-11-22(12-14-23)10-6-4-2/h6,10,15-18,20-23H,3-5,7-9,11-14,19H2,1-2H3/b10-6+. The smallest absolute Gasteiger partial charge is 0.190 e. The molecule has 1 saturated carbocycles. The third kappa shape index (κ3) is 6.92. The van der Waals surface area contributed by atoms with Crippen LogP contribution in [-0.2, 0) is 0 Å². The van der Waals surface area contributed by atoms with E-state index in [1.807, 2.05) is 12.1 Å². The van der Waals surface area contributed by atoms with E-state index < -0.39 is 11.6 Å². The van der Waals surface area contributed by atoms with Gasteiger partial charge in [0, 0.05) is 0 Å². The van der Waals surface area contributed by atoms with E-state index in [4.69, 9.17) is 4.74 Å². The topological polar surface area (TPSA) is 9.23 Å². The lowest BCUT2D eigenvalue weighted by Gasteiger charge is -2.27. The summed E-state index contributed by atoms with van der Waals surface area (Å²) < 4.78 is 34.5. The molecule has 0 N–H and O–H groups in total. The fourth-order valence-corrected chi connectivity index (χ4v) is 4.67. The van der Waals surface area contributed by atoms with Gasteiger partial charge in [0.1, 0.15) is 0 Å². The van der Waals surface area contributed by atoms with Gasteiger partial charge in [-0.25, -0.2) is 8.78 Å². The molecule has 1 fully saturated rings. The van der Waals surface area contributed by atoms with Gasteiger partial charge in [-0.2, -0.15) is 0 Å². The number of benzene rings is 2. The first-order chi connectivity index (χ1) is 15.6. The predicted octanol–water partition coefficient (Wildman–Crippen LogP) is 9.22. The first-order valence-electron chi connectivity index (χ1n) is 12.5. The van der Waals surface area contributed by atoms with E-state index in [0.717, 1.165) is 31.2 Å². The molecule has 1 aliphatic carbocycles. The number of halogens is 2. The summed E-state index contributed by atoms with van der Waals surface area (Å²) in [7, 11) is 0. The molecule has 3 heteroatoms. The highest BCUT2D eigenvalue weighted by atomic mass is 19.1. The highest BCUT2D eigenvalue weighted by Crippen LogP contribution is 2.37. The summed E-state index contributed by atoms with van der Waals surface area (Å²) in [6.07, 6.45) is 16.0. The molecule has 0 saturated heterocycles. The minimum atomic E-state index is -0.629. The van der Waals surface area contributed by atoms with Crippen molar-refractivity contribution in [1.82, 2.24) is 0 Å². The molecule has 0 bridgehead atoms. The van der Waals surface area contributed by atoms with Crippen molar-refractivity contribution in [1.29, 1.82) is 0 Å². The summed E-state index contributed by atoms with van der Waals surface area (Å²) in [5.74, 6) is -0.215. The Hall–Kier alpha value is -2.16. The lowest BCUT2D eigenvalue weighted by Crippen LogP contribution is -2.11. The van der Waals surface area contributed by atoms with Gasteiger partial charge in [0.15, 0.2) is 17.4 Å². The molecule has 1 nitrogen and oxygen atoms in total. The largest absolute Gasteiger partial charge is 0.488 e. The first-order valence-corrected chi connectivity index (χ1v) is 12.5. The third-order valence-electron chi connectivity index (χ3n) is 6.62. The zero-order valence-electron chi connectivity index (χ0n) is 19.7. The quantitative estimate of drug-likeness (QED) is 0.250. The van der Waals surface area contributed by atoms with E-state index in [0.29, 0.717) is 24.0 Å². The lowest BCUT2D eigenvalue weighted by molar-refractivity contribution is 0.275. The van der Waals surface area contributed by atoms with Crippen LogP contribution < -0.4 is 4.74 Å². The molecule has 0 radical (unpaired) electrons. The molecule has 0 aliphatic heterocycles. The van der Waals surface area contributed by atoms with Crippen molar-refractivity contribution in [3.63, 3.8) is 0 Å². The van der Waals surface area contributed by atoms with Gasteiger partial charge < -0.3 is 4.74 Å². The molecule has 0 heterocycles. The van der Waals surface area contributed by atoms with Crippen LogP contribution in [0.5, 0.6) is 5.75 Å². The van der Waals surface area contributed by atoms with E-state index in [1.165, 1.54) is 56.2 Å². The minimum Gasteiger partial charge on any atom is -0.488 e. The average molecular weight is 441 g/mol. The maximum Gasteiger partial charge on any atom is 0.190 e.